The zero-order valence-electron chi connectivity index (χ0n) is 3.59. The molecule has 4 heteroatoms. The number of nitrogens with two attached hydrogens (primary N) is 2. The van der Waals surface area contributed by atoms with Gasteiger partial charge in [0.1, 0.15) is 12.1 Å². The van der Waals surface area contributed by atoms with Gasteiger partial charge in [-0.1, -0.05) is 0 Å². The molecule has 0 aliphatic heterocycles. The van der Waals surface area contributed by atoms with Gasteiger partial charge in [-0.3, -0.25) is 0 Å². The second kappa shape index (κ2) is 2.93. The molecule has 0 rings (SSSR count). The SMILES string of the molecule is NC(N)=NC=C=O. The molecule has 0 aromatic rings. The van der Waals surface area contributed by atoms with Crippen LogP contribution in [0.25, 0.3) is 0 Å². The maximum absolute atomic E-state index is 9.31. The fourth-order valence-electron chi connectivity index (χ4n) is 0.101. The minimum absolute atomic E-state index is 0.136. The zero-order valence-corrected chi connectivity index (χ0v) is 3.59. The molecule has 0 aliphatic carbocycles. The molecule has 0 spiro atoms. The quantitative estimate of drug-likeness (QED) is 0.241. The van der Waals surface area contributed by atoms with Crippen LogP contribution in [0.15, 0.2) is 11.2 Å². The smallest absolute Gasteiger partial charge is 0.191 e. The van der Waals surface area contributed by atoms with E-state index in [1.807, 2.05) is 0 Å². The fraction of sp³-hybridized carbons (Fsp3) is 0. The first kappa shape index (κ1) is 5.72. The van der Waals surface area contributed by atoms with Crippen LogP contribution >= 0.6 is 0 Å². The molecule has 7 heavy (non-hydrogen) atoms. The van der Waals surface area contributed by atoms with Gasteiger partial charge in [-0.25, -0.2) is 9.79 Å². The highest BCUT2D eigenvalue weighted by molar-refractivity contribution is 5.77. The van der Waals surface area contributed by atoms with Crippen LogP contribution in [0.3, 0.4) is 0 Å². The molecule has 0 aromatic heterocycles. The van der Waals surface area contributed by atoms with E-state index < -0.39 is 0 Å². The predicted molar refractivity (Wildman–Crippen MR) is 26.1 cm³/mol. The van der Waals surface area contributed by atoms with E-state index in [0.29, 0.717) is 0 Å². The molecule has 0 unspecified atom stereocenters. The molecule has 4 N–H and O–H groups in total. The van der Waals surface area contributed by atoms with Crippen molar-refractivity contribution in [3.63, 3.8) is 0 Å². The van der Waals surface area contributed by atoms with Crippen molar-refractivity contribution >= 4 is 11.9 Å². The van der Waals surface area contributed by atoms with E-state index in [9.17, 15) is 4.79 Å². The second-order valence-electron chi connectivity index (χ2n) is 0.801. The molecule has 0 saturated carbocycles. The molecular weight excluding hydrogens is 94.1 g/mol. The first-order chi connectivity index (χ1) is 3.27. The van der Waals surface area contributed by atoms with Gasteiger partial charge < -0.3 is 11.5 Å². The summed E-state index contributed by atoms with van der Waals surface area (Å²) < 4.78 is 0. The first-order valence-electron chi connectivity index (χ1n) is 1.55. The Morgan fingerprint density at radius 1 is 1.71 bits per heavy atom. The summed E-state index contributed by atoms with van der Waals surface area (Å²) in [5.74, 6) is 1.24. The lowest BCUT2D eigenvalue weighted by Crippen LogP contribution is -2.21. The van der Waals surface area contributed by atoms with E-state index >= 15 is 0 Å². The second-order valence-corrected chi connectivity index (χ2v) is 0.801. The summed E-state index contributed by atoms with van der Waals surface area (Å²) in [6.45, 7) is 0. The summed E-state index contributed by atoms with van der Waals surface area (Å²) in [7, 11) is 0. The van der Waals surface area contributed by atoms with Crippen molar-refractivity contribution in [3.8, 4) is 0 Å². The Labute approximate surface area is 40.5 Å². The first-order valence-corrected chi connectivity index (χ1v) is 1.55. The van der Waals surface area contributed by atoms with Crippen molar-refractivity contribution in [1.29, 1.82) is 0 Å². The van der Waals surface area contributed by atoms with Gasteiger partial charge in [0.05, 0.1) is 0 Å². The number of nitrogens with zero attached hydrogens (tertiary/aromatic N) is 1. The standard InChI is InChI=1S/C3H5N3O/c4-3(5)6-1-2-7/h1H,(H4,4,5,6). The van der Waals surface area contributed by atoms with Crippen LogP contribution in [0.1, 0.15) is 0 Å². The van der Waals surface area contributed by atoms with Gasteiger partial charge in [-0.05, 0) is 0 Å². The normalized spacial score (nSPS) is 6.29. The average Bonchev–Trinajstić information content (AvgIpc) is 1.61. The van der Waals surface area contributed by atoms with Crippen molar-refractivity contribution in [2.45, 2.75) is 0 Å². The summed E-state index contributed by atoms with van der Waals surface area (Å²) in [6, 6.07) is 0. The minimum Gasteiger partial charge on any atom is -0.370 e. The van der Waals surface area contributed by atoms with Crippen molar-refractivity contribution in [3.05, 3.63) is 6.20 Å². The van der Waals surface area contributed by atoms with Crippen LogP contribution in [-0.4, -0.2) is 11.9 Å². The topological polar surface area (TPSA) is 81.5 Å². The molecule has 0 atom stereocenters. The van der Waals surface area contributed by atoms with Gasteiger partial charge in [0, 0.05) is 0 Å². The number of rotatable bonds is 1. The maximum atomic E-state index is 9.31. The zero-order chi connectivity index (χ0) is 5.70. The van der Waals surface area contributed by atoms with Gasteiger partial charge >= 0.3 is 0 Å². The third-order valence-electron chi connectivity index (χ3n) is 0.266. The number of carbonyl (C=O) groups excluding carboxylic acids is 1. The summed E-state index contributed by atoms with van der Waals surface area (Å²) >= 11 is 0. The molecule has 0 fully saturated rings. The Morgan fingerprint density at radius 3 is 2.43 bits per heavy atom. The van der Waals surface area contributed by atoms with Crippen molar-refractivity contribution in [1.82, 2.24) is 0 Å². The lowest BCUT2D eigenvalue weighted by atomic mass is 10.9. The molecule has 0 aromatic carbocycles. The van der Waals surface area contributed by atoms with Gasteiger partial charge in [0.15, 0.2) is 5.96 Å². The van der Waals surface area contributed by atoms with E-state index in [2.05, 4.69) is 4.99 Å². The van der Waals surface area contributed by atoms with Crippen LogP contribution in [0.2, 0.25) is 0 Å². The molecule has 0 aliphatic rings. The number of hydrogen-bond acceptors (Lipinski definition) is 2. The molecule has 4 nitrogen and oxygen atoms in total. The Hall–Kier alpha value is -1.28. The van der Waals surface area contributed by atoms with Crippen LogP contribution < -0.4 is 11.5 Å². The highest BCUT2D eigenvalue weighted by Crippen LogP contribution is 1.57. The van der Waals surface area contributed by atoms with Gasteiger partial charge in [-0.15, -0.1) is 0 Å². The number of guanidine groups is 1. The van der Waals surface area contributed by atoms with Gasteiger partial charge in [0.2, 0.25) is 0 Å². The molecule has 0 saturated heterocycles. The van der Waals surface area contributed by atoms with Crippen molar-refractivity contribution in [2.75, 3.05) is 0 Å². The monoisotopic (exact) mass is 99.0 g/mol. The van der Waals surface area contributed by atoms with Crippen LogP contribution in [0.5, 0.6) is 0 Å². The third-order valence-corrected chi connectivity index (χ3v) is 0.266. The highest BCUT2D eigenvalue weighted by Gasteiger charge is 1.67. The van der Waals surface area contributed by atoms with E-state index in [1.165, 1.54) is 5.94 Å². The van der Waals surface area contributed by atoms with Gasteiger partial charge in [-0.2, -0.15) is 0 Å². The molecular formula is C3H5N3O. The van der Waals surface area contributed by atoms with E-state index in [0.717, 1.165) is 6.20 Å². The summed E-state index contributed by atoms with van der Waals surface area (Å²) in [6.07, 6.45) is 0.856. The summed E-state index contributed by atoms with van der Waals surface area (Å²) in [4.78, 5) is 12.5. The van der Waals surface area contributed by atoms with E-state index in [-0.39, 0.29) is 5.96 Å². The average molecular weight is 99.1 g/mol. The Morgan fingerprint density at radius 2 is 2.29 bits per heavy atom. The highest BCUT2D eigenvalue weighted by atomic mass is 16.1. The van der Waals surface area contributed by atoms with Crippen LogP contribution in [-0.2, 0) is 4.79 Å². The Bertz CT molecular complexity index is 118. The molecule has 0 bridgehead atoms. The minimum atomic E-state index is -0.136. The van der Waals surface area contributed by atoms with Crippen molar-refractivity contribution in [2.24, 2.45) is 16.5 Å². The largest absolute Gasteiger partial charge is 0.370 e. The van der Waals surface area contributed by atoms with E-state index in [1.54, 1.807) is 0 Å². The predicted octanol–water partition coefficient (Wildman–Crippen LogP) is -1.39. The van der Waals surface area contributed by atoms with E-state index in [4.69, 9.17) is 11.5 Å². The van der Waals surface area contributed by atoms with Crippen molar-refractivity contribution < 1.29 is 4.79 Å². The molecule has 38 valence electrons. The molecule has 0 radical (unpaired) electrons. The molecule has 0 heterocycles. The third kappa shape index (κ3) is 4.72. The maximum Gasteiger partial charge on any atom is 0.191 e. The summed E-state index contributed by atoms with van der Waals surface area (Å²) in [5, 5.41) is 0. The summed E-state index contributed by atoms with van der Waals surface area (Å²) in [5.41, 5.74) is 9.59. The lowest BCUT2D eigenvalue weighted by Gasteiger charge is -1.77. The number of hydrogen-bond donors (Lipinski definition) is 2. The lowest BCUT2D eigenvalue weighted by molar-refractivity contribution is 0.568. The molecule has 0 amide bonds. The Balaban J connectivity index is 3.69. The van der Waals surface area contributed by atoms with Crippen LogP contribution in [0.4, 0.5) is 0 Å². The fourth-order valence-corrected chi connectivity index (χ4v) is 0.101. The Kier molecular flexibility index (Phi) is 2.40. The van der Waals surface area contributed by atoms with Crippen LogP contribution in [0, 0.1) is 0 Å². The van der Waals surface area contributed by atoms with Gasteiger partial charge in [0.25, 0.3) is 0 Å². The number of aliphatic imine (C=N–C) groups is 1.